The molecule has 1 fully saturated rings. The molecule has 2 radical (unpaired) electrons. The molecule has 0 saturated carbocycles. The summed E-state index contributed by atoms with van der Waals surface area (Å²) in [6.45, 7) is 3.39. The van der Waals surface area contributed by atoms with Crippen LogP contribution in [0.1, 0.15) is 54.4 Å². The largest absolute Gasteiger partial charge is 2.00 e. The Morgan fingerprint density at radius 1 is 0.505 bits per heavy atom. The Morgan fingerprint density at radius 2 is 0.990 bits per heavy atom. The Bertz CT molecular complexity index is 5690. The minimum absolute atomic E-state index is 0. The number of ether oxygens (including phenoxy) is 1. The van der Waals surface area contributed by atoms with Crippen LogP contribution in [0.3, 0.4) is 0 Å². The molecule has 526 valence electrons. The van der Waals surface area contributed by atoms with Gasteiger partial charge in [0.2, 0.25) is 17.8 Å². The number of azo groups is 2. The Hall–Kier alpha value is -5.08. The van der Waals surface area contributed by atoms with Crippen LogP contribution >= 0.6 is 0 Å². The van der Waals surface area contributed by atoms with Gasteiger partial charge >= 0.3 is 182 Å². The van der Waals surface area contributed by atoms with E-state index in [4.69, 9.17) is 4.74 Å². The van der Waals surface area contributed by atoms with Crippen LogP contribution in [0.5, 0.6) is 0 Å². The summed E-state index contributed by atoms with van der Waals surface area (Å²) < 4.78 is 194. The number of morpholine rings is 1. The molecule has 10 rings (SSSR count). The van der Waals surface area contributed by atoms with Crippen LogP contribution in [0.2, 0.25) is 0 Å². The summed E-state index contributed by atoms with van der Waals surface area (Å²) in [7, 11) is -26.7. The van der Waals surface area contributed by atoms with Crippen molar-refractivity contribution >= 4 is 139 Å². The van der Waals surface area contributed by atoms with Crippen molar-refractivity contribution in [2.45, 2.75) is 38.3 Å². The molecule has 0 spiro atoms. The summed E-state index contributed by atoms with van der Waals surface area (Å²) in [4.78, 5) is 60.5. The Kier molecular flexibility index (Phi) is 34.5. The van der Waals surface area contributed by atoms with Crippen molar-refractivity contribution in [3.63, 3.8) is 0 Å². The predicted molar refractivity (Wildman–Crippen MR) is 330 cm³/mol. The summed E-state index contributed by atoms with van der Waals surface area (Å²) in [6, 6.07) is 19.7. The van der Waals surface area contributed by atoms with Gasteiger partial charge in [0, 0.05) is 29.9 Å². The molecule has 0 unspecified atom stereocenters. The number of nitrogens with one attached hydrogen (secondary N) is 2. The minimum Gasteiger partial charge on any atom is -0.744 e. The van der Waals surface area contributed by atoms with Gasteiger partial charge in [-0.2, -0.15) is 25.2 Å². The fourth-order valence-electron chi connectivity index (χ4n) is 9.39. The number of anilines is 5. The summed E-state index contributed by atoms with van der Waals surface area (Å²) in [5.74, 6) is -4.42. The zero-order valence-electron chi connectivity index (χ0n) is 55.1. The fourth-order valence-corrected chi connectivity index (χ4v) is 12.6. The standard InChI is InChI=1S/C57H46N14O22S5.2Cu.5Na/c1-30-49(66-64-43-19-17-39(94(78,79)80)29-41(43)54(76)77)51(72)70(67-30)37-16-20-45(95(81,82)83)35(26-37)11-10-34-12-14-36(27-46(34)96(84,85)86)58-55-60-56(62-57(61-55)69-21-23-93-24-22-69)59-44-18-8-32(25-48(44)98(90,91)92)7-9-33-13-15-38(28-47(33)97(87,88)89)71-52(73)50(31(2)68-71)65-63-42-6-4-3-5-40(42)53(74)75;;;;;;;/h3-20,25-29H,21-24H2,1-2H3,(H,74,75)(H,76,77)(H,78,79,80)(H,81,82,83)(H,84,85,86)(H,87,88,89)(H,90,91,92)(H2,58,59,60,61,62);;;;;;;/q-2;2*+2;5*+1/p-7/b9-7+,11-10+,65-63?,66-64?;;;;;;;. The number of hydrogen-bond donors (Lipinski definition) is 2. The molecular formula is C57H39Cu2N14Na5O22S5. The summed E-state index contributed by atoms with van der Waals surface area (Å²) in [5, 5.41) is 52.0. The Morgan fingerprint density at radius 3 is 1.53 bits per heavy atom. The first-order valence-electron chi connectivity index (χ1n) is 27.4. The fraction of sp³-hybridized carbons (Fsp3) is 0.105. The number of hydrogen-bond acceptors (Lipinski definition) is 34. The Balaban J connectivity index is 0.00000409. The number of carbonyl (C=O) groups is 2. The third-order valence-electron chi connectivity index (χ3n) is 14.0. The molecule has 36 nitrogen and oxygen atoms in total. The van der Waals surface area contributed by atoms with Crippen LogP contribution in [-0.2, 0) is 89.5 Å². The second-order valence-electron chi connectivity index (χ2n) is 20.5. The van der Waals surface area contributed by atoms with Gasteiger partial charge in [-0.25, -0.2) is 61.6 Å². The van der Waals surface area contributed by atoms with Crippen LogP contribution in [0.15, 0.2) is 170 Å². The van der Waals surface area contributed by atoms with Gasteiger partial charge in [-0.1, -0.05) is 85.9 Å². The van der Waals surface area contributed by atoms with E-state index in [-0.39, 0.29) is 277 Å². The van der Waals surface area contributed by atoms with Crippen molar-refractivity contribution in [1.29, 1.82) is 0 Å². The maximum absolute atomic E-state index is 13.6. The van der Waals surface area contributed by atoms with Crippen molar-refractivity contribution in [3.8, 4) is 11.4 Å². The van der Waals surface area contributed by atoms with E-state index >= 15 is 0 Å². The van der Waals surface area contributed by atoms with Gasteiger partial charge < -0.3 is 82.7 Å². The number of benzene rings is 6. The molecule has 0 bridgehead atoms. The molecule has 0 aliphatic carbocycles. The van der Waals surface area contributed by atoms with E-state index in [1.54, 1.807) is 4.90 Å². The maximum Gasteiger partial charge on any atom is 2.00 e. The van der Waals surface area contributed by atoms with E-state index in [0.29, 0.717) is 10.7 Å². The molecule has 3 aromatic heterocycles. The zero-order valence-corrected chi connectivity index (χ0v) is 71.1. The second kappa shape index (κ2) is 38.5. The summed E-state index contributed by atoms with van der Waals surface area (Å²) >= 11 is 0. The first kappa shape index (κ1) is 94.1. The monoisotopic (exact) mass is 1670 g/mol. The number of aromatic nitrogens is 7. The Labute approximate surface area is 727 Å². The van der Waals surface area contributed by atoms with Crippen molar-refractivity contribution < 1.29 is 271 Å². The molecule has 4 heterocycles. The average Bonchev–Trinajstić information content (AvgIpc) is 1.74. The smallest absolute Gasteiger partial charge is 0.744 e. The first-order valence-corrected chi connectivity index (χ1v) is 34.4. The third-order valence-corrected chi connectivity index (χ3v) is 18.4. The van der Waals surface area contributed by atoms with Crippen LogP contribution < -0.4 is 185 Å². The van der Waals surface area contributed by atoms with Crippen LogP contribution in [-0.4, -0.2) is 138 Å². The SMILES string of the molecule is Cc1nn(-c2ccc(/C=C/c3ccc(Nc4nc(Nc5ccc(/C=C/c6cc(-n7nc(C)[c-](N=Nc8ccc(S(=O)(=O)[O-])cc8C(=O)[O-])c7=O)ccc6S(=O)(=O)[O-])c(S(=O)(=O)[O-])c5)nc(N5CCOCC5)n4)c(S(=O)(=O)[O-])c3)c(S(=O)(=O)[O-])c2)c(=O)[c-]1N=Nc1ccccc1C(=O)[O-].[Cu+2].[Cu+2].[Na+].[Na+].[Na+].[Na+].[Na+]. The van der Waals surface area contributed by atoms with E-state index < -0.39 is 138 Å². The molecule has 105 heavy (non-hydrogen) atoms. The predicted octanol–water partition coefficient (Wildman–Crippen LogP) is -12.2. The molecule has 0 atom stereocenters. The van der Waals surface area contributed by atoms with Gasteiger partial charge in [-0.15, -0.1) is 11.4 Å². The van der Waals surface area contributed by atoms with Crippen LogP contribution in [0.4, 0.5) is 52.0 Å². The molecule has 2 N–H and O–H groups in total. The van der Waals surface area contributed by atoms with Gasteiger partial charge in [0.05, 0.1) is 78.1 Å². The van der Waals surface area contributed by atoms with Gasteiger partial charge in [0.15, 0.2) is 0 Å². The normalized spacial score (nSPS) is 12.6. The van der Waals surface area contributed by atoms with Gasteiger partial charge in [-0.3, -0.25) is 0 Å². The van der Waals surface area contributed by atoms with E-state index in [1.807, 2.05) is 0 Å². The first-order chi connectivity index (χ1) is 46.0. The third kappa shape index (κ3) is 23.0. The number of carbonyl (C=O) groups excluding carboxylic acids is 2. The number of nitrogens with zero attached hydrogens (tertiary/aromatic N) is 12. The molecular weight excluding hydrogens is 1640 g/mol. The van der Waals surface area contributed by atoms with Crippen LogP contribution in [0.25, 0.3) is 35.7 Å². The molecule has 1 saturated heterocycles. The van der Waals surface area contributed by atoms with Gasteiger partial charge in [-0.05, 0) is 101 Å². The topological polar surface area (TPSA) is 561 Å². The average molecular weight is 1670 g/mol. The number of carboxylic acid groups (broad SMARTS) is 2. The number of aryl methyl sites for hydroxylation is 2. The zero-order chi connectivity index (χ0) is 71.0. The maximum atomic E-state index is 13.6. The van der Waals surface area contributed by atoms with E-state index in [1.165, 1.54) is 56.3 Å². The quantitative estimate of drug-likeness (QED) is 0.0209. The number of carboxylic acids is 2. The van der Waals surface area contributed by atoms with Crippen molar-refractivity contribution in [3.05, 3.63) is 181 Å². The second-order valence-corrected chi connectivity index (χ2v) is 27.3. The van der Waals surface area contributed by atoms with Gasteiger partial charge in [0.1, 0.15) is 61.7 Å². The number of rotatable bonds is 22. The van der Waals surface area contributed by atoms with Gasteiger partial charge in [0.25, 0.3) is 0 Å². The summed E-state index contributed by atoms with van der Waals surface area (Å²) in [5.41, 5.74) is -7.20. The molecule has 9 aromatic rings. The van der Waals surface area contributed by atoms with Crippen molar-refractivity contribution in [1.82, 2.24) is 34.5 Å². The number of aromatic carboxylic acids is 2. The van der Waals surface area contributed by atoms with E-state index in [0.717, 1.165) is 95.7 Å². The van der Waals surface area contributed by atoms with E-state index in [2.05, 4.69) is 56.2 Å². The summed E-state index contributed by atoms with van der Waals surface area (Å²) in [6.07, 6.45) is 4.11. The molecule has 48 heteroatoms. The van der Waals surface area contributed by atoms with Crippen molar-refractivity contribution in [2.24, 2.45) is 20.5 Å². The van der Waals surface area contributed by atoms with Crippen LogP contribution in [0, 0.1) is 13.8 Å². The molecule has 0 amide bonds. The van der Waals surface area contributed by atoms with Crippen molar-refractivity contribution in [2.75, 3.05) is 41.8 Å². The molecule has 1 aliphatic rings. The minimum atomic E-state index is -5.47. The van der Waals surface area contributed by atoms with E-state index in [9.17, 15) is 94.2 Å². The molecule has 6 aromatic carbocycles. The molecule has 1 aliphatic heterocycles.